The summed E-state index contributed by atoms with van der Waals surface area (Å²) in [5.74, 6) is 1.79. The Bertz CT molecular complexity index is 325. The summed E-state index contributed by atoms with van der Waals surface area (Å²) >= 11 is 6.63. The maximum absolute atomic E-state index is 6.63. The molecule has 1 heterocycles. The SMILES string of the molecule is CC1CCCC1C(Cl)C(C)c1ccccn1. The molecule has 1 aromatic heterocycles. The van der Waals surface area contributed by atoms with Crippen molar-refractivity contribution in [2.75, 3.05) is 0 Å². The molecular formula is C14H20ClN. The van der Waals surface area contributed by atoms with Gasteiger partial charge in [0.1, 0.15) is 0 Å². The summed E-state index contributed by atoms with van der Waals surface area (Å²) in [6.45, 7) is 4.53. The van der Waals surface area contributed by atoms with Gasteiger partial charge < -0.3 is 0 Å². The molecule has 0 bridgehead atoms. The van der Waals surface area contributed by atoms with Gasteiger partial charge >= 0.3 is 0 Å². The van der Waals surface area contributed by atoms with E-state index in [4.69, 9.17) is 11.6 Å². The number of pyridine rings is 1. The minimum atomic E-state index is 0.229. The van der Waals surface area contributed by atoms with Gasteiger partial charge in [0.15, 0.2) is 0 Å². The van der Waals surface area contributed by atoms with Crippen molar-refractivity contribution in [2.45, 2.75) is 44.4 Å². The first-order valence-corrected chi connectivity index (χ1v) is 6.69. The van der Waals surface area contributed by atoms with Crippen LogP contribution >= 0.6 is 11.6 Å². The van der Waals surface area contributed by atoms with Crippen LogP contribution < -0.4 is 0 Å². The first-order chi connectivity index (χ1) is 7.70. The van der Waals surface area contributed by atoms with Crippen molar-refractivity contribution in [3.05, 3.63) is 30.1 Å². The number of alkyl halides is 1. The molecule has 4 unspecified atom stereocenters. The molecule has 2 rings (SSSR count). The lowest BCUT2D eigenvalue weighted by Gasteiger charge is -2.26. The van der Waals surface area contributed by atoms with E-state index in [1.807, 2.05) is 18.3 Å². The smallest absolute Gasteiger partial charge is 0.0447 e. The number of hydrogen-bond donors (Lipinski definition) is 0. The van der Waals surface area contributed by atoms with Crippen LogP contribution in [0, 0.1) is 11.8 Å². The van der Waals surface area contributed by atoms with Gasteiger partial charge in [-0.15, -0.1) is 11.6 Å². The highest BCUT2D eigenvalue weighted by molar-refractivity contribution is 6.21. The number of aromatic nitrogens is 1. The summed E-state index contributed by atoms with van der Waals surface area (Å²) in [7, 11) is 0. The average molecular weight is 238 g/mol. The molecule has 1 nitrogen and oxygen atoms in total. The second-order valence-corrected chi connectivity index (χ2v) is 5.56. The van der Waals surface area contributed by atoms with Crippen LogP contribution in [0.4, 0.5) is 0 Å². The third kappa shape index (κ3) is 2.40. The quantitative estimate of drug-likeness (QED) is 0.717. The zero-order chi connectivity index (χ0) is 11.5. The Hall–Kier alpha value is -0.560. The minimum absolute atomic E-state index is 0.229. The van der Waals surface area contributed by atoms with Crippen molar-refractivity contribution in [1.29, 1.82) is 0 Å². The molecule has 4 atom stereocenters. The van der Waals surface area contributed by atoms with Gasteiger partial charge in [0.2, 0.25) is 0 Å². The summed E-state index contributed by atoms with van der Waals surface area (Å²) in [5, 5.41) is 0.229. The van der Waals surface area contributed by atoms with Gasteiger partial charge in [-0.1, -0.05) is 32.8 Å². The zero-order valence-corrected chi connectivity index (χ0v) is 10.8. The van der Waals surface area contributed by atoms with E-state index in [0.717, 1.165) is 11.6 Å². The molecule has 1 aliphatic rings. The van der Waals surface area contributed by atoms with Crippen molar-refractivity contribution in [3.8, 4) is 0 Å². The molecule has 1 aliphatic carbocycles. The maximum Gasteiger partial charge on any atom is 0.0447 e. The molecular weight excluding hydrogens is 218 g/mol. The minimum Gasteiger partial charge on any atom is -0.261 e. The molecule has 0 aromatic carbocycles. The van der Waals surface area contributed by atoms with E-state index in [9.17, 15) is 0 Å². The van der Waals surface area contributed by atoms with Crippen molar-refractivity contribution in [2.24, 2.45) is 11.8 Å². The topological polar surface area (TPSA) is 12.9 Å². The van der Waals surface area contributed by atoms with Crippen LogP contribution in [-0.4, -0.2) is 10.4 Å². The average Bonchev–Trinajstić information content (AvgIpc) is 2.75. The highest BCUT2D eigenvalue weighted by Crippen LogP contribution is 2.40. The summed E-state index contributed by atoms with van der Waals surface area (Å²) in [4.78, 5) is 4.41. The molecule has 0 aliphatic heterocycles. The number of rotatable bonds is 3. The van der Waals surface area contributed by atoms with E-state index in [1.165, 1.54) is 19.3 Å². The lowest BCUT2D eigenvalue weighted by molar-refractivity contribution is 0.372. The molecule has 88 valence electrons. The molecule has 16 heavy (non-hydrogen) atoms. The van der Waals surface area contributed by atoms with Gasteiger partial charge in [0, 0.05) is 23.2 Å². The molecule has 1 aromatic rings. The van der Waals surface area contributed by atoms with E-state index in [2.05, 4.69) is 24.9 Å². The van der Waals surface area contributed by atoms with Gasteiger partial charge in [-0.2, -0.15) is 0 Å². The Labute approximate surface area is 103 Å². The lowest BCUT2D eigenvalue weighted by atomic mass is 9.86. The number of nitrogens with zero attached hydrogens (tertiary/aromatic N) is 1. The fraction of sp³-hybridized carbons (Fsp3) is 0.643. The van der Waals surface area contributed by atoms with Crippen LogP contribution in [0.3, 0.4) is 0 Å². The Balaban J connectivity index is 2.07. The van der Waals surface area contributed by atoms with Gasteiger partial charge in [0.25, 0.3) is 0 Å². The molecule has 0 spiro atoms. The van der Waals surface area contributed by atoms with Crippen LogP contribution in [-0.2, 0) is 0 Å². The summed E-state index contributed by atoms with van der Waals surface area (Å²) in [6, 6.07) is 6.08. The monoisotopic (exact) mass is 237 g/mol. The standard InChI is InChI=1S/C14H20ClN/c1-10-6-5-7-12(10)14(15)11(2)13-8-3-4-9-16-13/h3-4,8-12,14H,5-7H2,1-2H3. The first-order valence-electron chi connectivity index (χ1n) is 6.25. The van der Waals surface area contributed by atoms with Crippen LogP contribution in [0.5, 0.6) is 0 Å². The van der Waals surface area contributed by atoms with Crippen molar-refractivity contribution in [1.82, 2.24) is 4.98 Å². The van der Waals surface area contributed by atoms with Crippen LogP contribution in [0.15, 0.2) is 24.4 Å². The van der Waals surface area contributed by atoms with Crippen molar-refractivity contribution >= 4 is 11.6 Å². The molecule has 0 saturated heterocycles. The van der Waals surface area contributed by atoms with Crippen molar-refractivity contribution in [3.63, 3.8) is 0 Å². The van der Waals surface area contributed by atoms with E-state index >= 15 is 0 Å². The van der Waals surface area contributed by atoms with Crippen LogP contribution in [0.25, 0.3) is 0 Å². The third-order valence-electron chi connectivity index (χ3n) is 3.97. The Morgan fingerprint density at radius 1 is 1.38 bits per heavy atom. The summed E-state index contributed by atoms with van der Waals surface area (Å²) in [6.07, 6.45) is 5.81. The molecule has 0 radical (unpaired) electrons. The van der Waals surface area contributed by atoms with Gasteiger partial charge in [-0.05, 0) is 30.4 Å². The third-order valence-corrected chi connectivity index (χ3v) is 4.67. The van der Waals surface area contributed by atoms with Crippen molar-refractivity contribution < 1.29 is 0 Å². The van der Waals surface area contributed by atoms with Crippen LogP contribution in [0.1, 0.15) is 44.7 Å². The van der Waals surface area contributed by atoms with E-state index in [1.54, 1.807) is 0 Å². The van der Waals surface area contributed by atoms with Gasteiger partial charge in [0.05, 0.1) is 0 Å². The molecule has 1 fully saturated rings. The predicted octanol–water partition coefficient (Wildman–Crippen LogP) is 4.23. The molecule has 0 amide bonds. The Kier molecular flexibility index (Phi) is 3.86. The second kappa shape index (κ2) is 5.18. The molecule has 0 N–H and O–H groups in total. The highest BCUT2D eigenvalue weighted by atomic mass is 35.5. The van der Waals surface area contributed by atoms with Crippen LogP contribution in [0.2, 0.25) is 0 Å². The van der Waals surface area contributed by atoms with Gasteiger partial charge in [-0.25, -0.2) is 0 Å². The molecule has 2 heteroatoms. The molecule has 1 saturated carbocycles. The predicted molar refractivity (Wildman–Crippen MR) is 68.8 cm³/mol. The summed E-state index contributed by atoms with van der Waals surface area (Å²) < 4.78 is 0. The number of hydrogen-bond acceptors (Lipinski definition) is 1. The second-order valence-electron chi connectivity index (χ2n) is 5.06. The highest BCUT2D eigenvalue weighted by Gasteiger charge is 2.33. The lowest BCUT2D eigenvalue weighted by Crippen LogP contribution is -2.23. The number of halogens is 1. The largest absolute Gasteiger partial charge is 0.261 e. The van der Waals surface area contributed by atoms with E-state index in [0.29, 0.717) is 11.8 Å². The van der Waals surface area contributed by atoms with E-state index < -0.39 is 0 Å². The maximum atomic E-state index is 6.63. The normalized spacial score (nSPS) is 28.9. The Morgan fingerprint density at radius 2 is 2.19 bits per heavy atom. The fourth-order valence-corrected chi connectivity index (χ4v) is 3.33. The fourth-order valence-electron chi connectivity index (χ4n) is 2.83. The summed E-state index contributed by atoms with van der Waals surface area (Å²) in [5.41, 5.74) is 1.13. The zero-order valence-electron chi connectivity index (χ0n) is 10.1. The van der Waals surface area contributed by atoms with E-state index in [-0.39, 0.29) is 5.38 Å². The van der Waals surface area contributed by atoms with Gasteiger partial charge in [-0.3, -0.25) is 4.98 Å². The Morgan fingerprint density at radius 3 is 2.75 bits per heavy atom. The first kappa shape index (κ1) is 11.9.